The summed E-state index contributed by atoms with van der Waals surface area (Å²) in [5, 5.41) is 5.10. The summed E-state index contributed by atoms with van der Waals surface area (Å²) in [5.41, 5.74) is 2.11. The molecule has 1 amide bonds. The monoisotopic (exact) mass is 325 g/mol. The van der Waals surface area contributed by atoms with Crippen molar-refractivity contribution in [1.29, 1.82) is 0 Å². The lowest BCUT2D eigenvalue weighted by Gasteiger charge is -2.18. The fourth-order valence-corrected chi connectivity index (χ4v) is 3.24. The van der Waals surface area contributed by atoms with E-state index in [4.69, 9.17) is 0 Å². The Balaban J connectivity index is 1.72. The highest BCUT2D eigenvalue weighted by Crippen LogP contribution is 2.23. The molecule has 0 radical (unpaired) electrons. The molecule has 0 fully saturated rings. The van der Waals surface area contributed by atoms with Gasteiger partial charge >= 0.3 is 0 Å². The maximum atomic E-state index is 12.4. The van der Waals surface area contributed by atoms with Crippen LogP contribution in [-0.4, -0.2) is 15.5 Å². The Morgan fingerprint density at radius 1 is 1.26 bits per heavy atom. The summed E-state index contributed by atoms with van der Waals surface area (Å²) in [6, 6.07) is 12.0. The van der Waals surface area contributed by atoms with Crippen LogP contribution in [-0.2, 0) is 4.79 Å². The number of hydrogen-bond acceptors (Lipinski definition) is 3. The van der Waals surface area contributed by atoms with Crippen LogP contribution in [0.25, 0.3) is 5.69 Å². The van der Waals surface area contributed by atoms with Crippen molar-refractivity contribution in [2.45, 2.75) is 25.8 Å². The zero-order valence-electron chi connectivity index (χ0n) is 13.1. The Bertz CT molecular complexity index is 765. The Kier molecular flexibility index (Phi) is 4.57. The quantitative estimate of drug-likeness (QED) is 0.773. The topological polar surface area (TPSA) is 46.9 Å². The predicted octanol–water partition coefficient (Wildman–Crippen LogP) is 3.91. The van der Waals surface area contributed by atoms with E-state index in [1.165, 1.54) is 0 Å². The maximum Gasteiger partial charge on any atom is 0.228 e. The number of nitrogens with zero attached hydrogens (tertiary/aromatic N) is 2. The molecule has 118 valence electrons. The van der Waals surface area contributed by atoms with Gasteiger partial charge in [-0.2, -0.15) is 0 Å². The number of rotatable bonds is 5. The van der Waals surface area contributed by atoms with E-state index in [1.807, 2.05) is 60.3 Å². The van der Waals surface area contributed by atoms with Gasteiger partial charge in [0.1, 0.15) is 0 Å². The van der Waals surface area contributed by atoms with E-state index in [0.717, 1.165) is 16.1 Å². The lowest BCUT2D eigenvalue weighted by atomic mass is 10.1. The van der Waals surface area contributed by atoms with Crippen LogP contribution in [0.15, 0.2) is 60.5 Å². The summed E-state index contributed by atoms with van der Waals surface area (Å²) in [4.78, 5) is 17.6. The second-order valence-electron chi connectivity index (χ2n) is 5.53. The fourth-order valence-electron chi connectivity index (χ4n) is 2.46. The van der Waals surface area contributed by atoms with E-state index < -0.39 is 0 Å². The zero-order valence-corrected chi connectivity index (χ0v) is 14.0. The van der Waals surface area contributed by atoms with Gasteiger partial charge in [-0.25, -0.2) is 4.98 Å². The SMILES string of the molecule is C[C@H](NC(=O)[C@@H](C)c1cccs1)c1cccc(-n2ccnc2)c1. The molecule has 5 heteroatoms. The number of carbonyl (C=O) groups is 1. The van der Waals surface area contributed by atoms with Crippen LogP contribution in [0.1, 0.15) is 36.2 Å². The van der Waals surface area contributed by atoms with Gasteiger partial charge in [0.15, 0.2) is 0 Å². The van der Waals surface area contributed by atoms with E-state index in [-0.39, 0.29) is 17.9 Å². The molecule has 2 heterocycles. The summed E-state index contributed by atoms with van der Waals surface area (Å²) in [6.07, 6.45) is 5.42. The van der Waals surface area contributed by atoms with E-state index in [1.54, 1.807) is 23.9 Å². The molecular weight excluding hydrogens is 306 g/mol. The smallest absolute Gasteiger partial charge is 0.228 e. The molecule has 3 rings (SSSR count). The molecular formula is C18H19N3OS. The van der Waals surface area contributed by atoms with Crippen molar-refractivity contribution in [2.75, 3.05) is 0 Å². The highest BCUT2D eigenvalue weighted by molar-refractivity contribution is 7.10. The average Bonchev–Trinajstić information content (AvgIpc) is 3.27. The van der Waals surface area contributed by atoms with Crippen molar-refractivity contribution in [3.8, 4) is 5.69 Å². The molecule has 0 spiro atoms. The molecule has 1 N–H and O–H groups in total. The minimum absolute atomic E-state index is 0.0478. The van der Waals surface area contributed by atoms with Gasteiger partial charge in [-0.15, -0.1) is 11.3 Å². The van der Waals surface area contributed by atoms with Gasteiger partial charge in [-0.3, -0.25) is 4.79 Å². The Morgan fingerprint density at radius 3 is 2.83 bits per heavy atom. The first-order chi connectivity index (χ1) is 11.1. The third-order valence-electron chi connectivity index (χ3n) is 3.89. The van der Waals surface area contributed by atoms with Crippen molar-refractivity contribution in [2.24, 2.45) is 0 Å². The lowest BCUT2D eigenvalue weighted by Crippen LogP contribution is -2.30. The van der Waals surface area contributed by atoms with Gasteiger partial charge in [-0.1, -0.05) is 18.2 Å². The normalized spacial score (nSPS) is 13.5. The number of amides is 1. The van der Waals surface area contributed by atoms with Crippen LogP contribution in [0.5, 0.6) is 0 Å². The van der Waals surface area contributed by atoms with E-state index in [2.05, 4.69) is 16.4 Å². The van der Waals surface area contributed by atoms with Crippen molar-refractivity contribution in [3.63, 3.8) is 0 Å². The van der Waals surface area contributed by atoms with E-state index >= 15 is 0 Å². The second-order valence-corrected chi connectivity index (χ2v) is 6.51. The first kappa shape index (κ1) is 15.5. The first-order valence-corrected chi connectivity index (χ1v) is 8.45. The molecule has 4 nitrogen and oxygen atoms in total. The molecule has 2 aromatic heterocycles. The molecule has 3 aromatic rings. The Hall–Kier alpha value is -2.40. The summed E-state index contributed by atoms with van der Waals surface area (Å²) >= 11 is 1.61. The van der Waals surface area contributed by atoms with Crippen molar-refractivity contribution >= 4 is 17.2 Å². The summed E-state index contributed by atoms with van der Waals surface area (Å²) in [6.45, 7) is 3.95. The van der Waals surface area contributed by atoms with Crippen molar-refractivity contribution in [3.05, 3.63) is 70.9 Å². The molecule has 0 saturated carbocycles. The van der Waals surface area contributed by atoms with Gasteiger partial charge < -0.3 is 9.88 Å². The summed E-state index contributed by atoms with van der Waals surface area (Å²) < 4.78 is 1.95. The van der Waals surface area contributed by atoms with Crippen molar-refractivity contribution in [1.82, 2.24) is 14.9 Å². The molecule has 0 aliphatic heterocycles. The highest BCUT2D eigenvalue weighted by Gasteiger charge is 2.18. The third kappa shape index (κ3) is 3.51. The van der Waals surface area contributed by atoms with Gasteiger partial charge in [0.05, 0.1) is 18.3 Å². The molecule has 0 bridgehead atoms. The number of carbonyl (C=O) groups excluding carboxylic acids is 1. The highest BCUT2D eigenvalue weighted by atomic mass is 32.1. The van der Waals surface area contributed by atoms with Crippen LogP contribution in [0, 0.1) is 0 Å². The first-order valence-electron chi connectivity index (χ1n) is 7.57. The fraction of sp³-hybridized carbons (Fsp3) is 0.222. The summed E-state index contributed by atoms with van der Waals surface area (Å²) in [7, 11) is 0. The lowest BCUT2D eigenvalue weighted by molar-refractivity contribution is -0.122. The average molecular weight is 325 g/mol. The van der Waals surface area contributed by atoms with Gasteiger partial charge in [-0.05, 0) is 43.0 Å². The molecule has 2 atom stereocenters. The zero-order chi connectivity index (χ0) is 16.2. The van der Waals surface area contributed by atoms with E-state index in [0.29, 0.717) is 0 Å². The largest absolute Gasteiger partial charge is 0.349 e. The number of hydrogen-bond donors (Lipinski definition) is 1. The molecule has 0 unspecified atom stereocenters. The number of imidazole rings is 1. The van der Waals surface area contributed by atoms with E-state index in [9.17, 15) is 4.79 Å². The number of aromatic nitrogens is 2. The predicted molar refractivity (Wildman–Crippen MR) is 92.9 cm³/mol. The van der Waals surface area contributed by atoms with Crippen molar-refractivity contribution < 1.29 is 4.79 Å². The Labute approximate surface area is 139 Å². The number of thiophene rings is 1. The van der Waals surface area contributed by atoms with Gasteiger partial charge in [0.2, 0.25) is 5.91 Å². The molecule has 0 aliphatic carbocycles. The maximum absolute atomic E-state index is 12.4. The molecule has 0 aliphatic rings. The minimum atomic E-state index is -0.130. The second kappa shape index (κ2) is 6.79. The summed E-state index contributed by atoms with van der Waals surface area (Å²) in [5.74, 6) is -0.0812. The molecule has 0 saturated heterocycles. The van der Waals surface area contributed by atoms with Crippen LogP contribution in [0.2, 0.25) is 0 Å². The van der Waals surface area contributed by atoms with Gasteiger partial charge in [0.25, 0.3) is 0 Å². The van der Waals surface area contributed by atoms with Crippen LogP contribution in [0.3, 0.4) is 0 Å². The Morgan fingerprint density at radius 2 is 2.13 bits per heavy atom. The van der Waals surface area contributed by atoms with Crippen LogP contribution < -0.4 is 5.32 Å². The number of nitrogens with one attached hydrogen (secondary N) is 1. The third-order valence-corrected chi connectivity index (χ3v) is 4.95. The van der Waals surface area contributed by atoms with Crippen LogP contribution >= 0.6 is 11.3 Å². The number of benzene rings is 1. The standard InChI is InChI=1S/C18H19N3OS/c1-13(17-7-4-10-23-17)18(22)20-14(2)15-5-3-6-16(11-15)21-9-8-19-12-21/h3-14H,1-2H3,(H,20,22)/t13-,14-/m0/s1. The molecule has 1 aromatic carbocycles. The minimum Gasteiger partial charge on any atom is -0.349 e. The van der Waals surface area contributed by atoms with Crippen LogP contribution in [0.4, 0.5) is 0 Å². The molecule has 23 heavy (non-hydrogen) atoms. The van der Waals surface area contributed by atoms with Gasteiger partial charge in [0, 0.05) is 23.0 Å².